The smallest absolute Gasteiger partial charge is 0.327 e. The van der Waals surface area contributed by atoms with Crippen LogP contribution in [0.5, 0.6) is 0 Å². The number of carbonyl (C=O) groups is 2. The number of hydrogen-bond acceptors (Lipinski definition) is 5. The predicted molar refractivity (Wildman–Crippen MR) is 75.5 cm³/mol. The molecule has 0 aromatic carbocycles. The van der Waals surface area contributed by atoms with Crippen LogP contribution in [0, 0.1) is 0 Å². The van der Waals surface area contributed by atoms with Crippen LogP contribution < -0.4 is 0 Å². The molecular formula is C14H13N3O3S. The van der Waals surface area contributed by atoms with Crippen LogP contribution in [0.4, 0.5) is 4.79 Å². The van der Waals surface area contributed by atoms with Gasteiger partial charge in [0.2, 0.25) is 0 Å². The number of rotatable bonds is 4. The number of thiazole rings is 1. The number of nitrogens with zero attached hydrogens (tertiary/aromatic N) is 3. The van der Waals surface area contributed by atoms with Crippen LogP contribution in [0.1, 0.15) is 18.5 Å². The van der Waals surface area contributed by atoms with Gasteiger partial charge in [-0.1, -0.05) is 0 Å². The van der Waals surface area contributed by atoms with Crippen molar-refractivity contribution in [1.29, 1.82) is 0 Å². The fourth-order valence-corrected chi connectivity index (χ4v) is 3.25. The van der Waals surface area contributed by atoms with Gasteiger partial charge in [0.1, 0.15) is 17.8 Å². The highest BCUT2D eigenvalue weighted by molar-refractivity contribution is 7.13. The number of carbonyl (C=O) groups excluding carboxylic acids is 2. The number of aromatic nitrogens is 1. The van der Waals surface area contributed by atoms with E-state index in [1.165, 1.54) is 16.2 Å². The molecule has 4 rings (SSSR count). The first-order valence-corrected chi connectivity index (χ1v) is 7.68. The van der Waals surface area contributed by atoms with Gasteiger partial charge in [-0.05, 0) is 18.9 Å². The zero-order valence-corrected chi connectivity index (χ0v) is 12.0. The molecule has 1 aliphatic heterocycles. The maximum Gasteiger partial charge on any atom is 0.327 e. The van der Waals surface area contributed by atoms with Crippen LogP contribution in [-0.2, 0) is 11.3 Å². The van der Waals surface area contributed by atoms with E-state index in [2.05, 4.69) is 4.98 Å². The molecule has 0 atom stereocenters. The van der Waals surface area contributed by atoms with Crippen molar-refractivity contribution in [2.45, 2.75) is 25.4 Å². The normalized spacial score (nSPS) is 18.9. The Morgan fingerprint density at radius 1 is 1.38 bits per heavy atom. The molecule has 0 bridgehead atoms. The molecule has 1 saturated heterocycles. The van der Waals surface area contributed by atoms with Crippen molar-refractivity contribution in [2.24, 2.45) is 0 Å². The highest BCUT2D eigenvalue weighted by Gasteiger charge is 2.43. The van der Waals surface area contributed by atoms with Gasteiger partial charge in [0.25, 0.3) is 5.91 Å². The van der Waals surface area contributed by atoms with Crippen LogP contribution in [0.25, 0.3) is 10.6 Å². The Morgan fingerprint density at radius 2 is 2.24 bits per heavy atom. The topological polar surface area (TPSA) is 66.7 Å². The van der Waals surface area contributed by atoms with E-state index < -0.39 is 0 Å². The molecule has 108 valence electrons. The Balaban J connectivity index is 1.51. The van der Waals surface area contributed by atoms with Crippen molar-refractivity contribution in [1.82, 2.24) is 14.8 Å². The first-order valence-electron chi connectivity index (χ1n) is 6.80. The highest BCUT2D eigenvalue weighted by Crippen LogP contribution is 2.31. The lowest BCUT2D eigenvalue weighted by molar-refractivity contribution is -0.125. The third-order valence-corrected chi connectivity index (χ3v) is 4.65. The summed E-state index contributed by atoms with van der Waals surface area (Å²) in [5.41, 5.74) is 1.64. The summed E-state index contributed by atoms with van der Waals surface area (Å²) in [4.78, 5) is 31.7. The fraction of sp³-hybridized carbons (Fsp3) is 0.357. The maximum atomic E-state index is 12.2. The lowest BCUT2D eigenvalue weighted by Gasteiger charge is -2.15. The maximum absolute atomic E-state index is 12.2. The third-order valence-electron chi connectivity index (χ3n) is 3.71. The van der Waals surface area contributed by atoms with Crippen molar-refractivity contribution in [3.8, 4) is 10.6 Å². The Morgan fingerprint density at radius 3 is 2.95 bits per heavy atom. The minimum Gasteiger partial charge on any atom is -0.472 e. The molecule has 7 heteroatoms. The molecule has 2 aromatic heterocycles. The van der Waals surface area contributed by atoms with Gasteiger partial charge >= 0.3 is 6.03 Å². The second-order valence-corrected chi connectivity index (χ2v) is 6.14. The van der Waals surface area contributed by atoms with E-state index >= 15 is 0 Å². The van der Waals surface area contributed by atoms with Gasteiger partial charge in [-0.25, -0.2) is 9.78 Å². The van der Waals surface area contributed by atoms with Crippen molar-refractivity contribution in [3.05, 3.63) is 29.7 Å². The summed E-state index contributed by atoms with van der Waals surface area (Å²) in [6.07, 6.45) is 5.24. The average Bonchev–Trinajstić information content (AvgIpc) is 2.90. The Hall–Kier alpha value is -2.15. The Labute approximate surface area is 125 Å². The zero-order valence-electron chi connectivity index (χ0n) is 11.2. The van der Waals surface area contributed by atoms with Crippen LogP contribution in [0.3, 0.4) is 0 Å². The van der Waals surface area contributed by atoms with Crippen molar-refractivity contribution < 1.29 is 14.0 Å². The van der Waals surface area contributed by atoms with E-state index in [0.29, 0.717) is 0 Å². The van der Waals surface area contributed by atoms with E-state index in [-0.39, 0.29) is 31.1 Å². The molecule has 3 amide bonds. The van der Waals surface area contributed by atoms with Gasteiger partial charge in [0.05, 0.1) is 18.5 Å². The summed E-state index contributed by atoms with van der Waals surface area (Å²) in [7, 11) is 0. The van der Waals surface area contributed by atoms with Crippen molar-refractivity contribution in [3.63, 3.8) is 0 Å². The summed E-state index contributed by atoms with van der Waals surface area (Å²) in [6.45, 7) is 0.456. The summed E-state index contributed by atoms with van der Waals surface area (Å²) in [6, 6.07) is 1.92. The first kappa shape index (κ1) is 12.6. The van der Waals surface area contributed by atoms with E-state index in [1.54, 1.807) is 17.4 Å². The summed E-state index contributed by atoms with van der Waals surface area (Å²) in [5, 5.41) is 2.71. The number of furan rings is 1. The van der Waals surface area contributed by atoms with Gasteiger partial charge in [0.15, 0.2) is 0 Å². The fourth-order valence-electron chi connectivity index (χ4n) is 2.45. The van der Waals surface area contributed by atoms with E-state index in [1.807, 2.05) is 11.4 Å². The van der Waals surface area contributed by atoms with Gasteiger partial charge in [-0.15, -0.1) is 11.3 Å². The number of amides is 3. The predicted octanol–water partition coefficient (Wildman–Crippen LogP) is 2.33. The van der Waals surface area contributed by atoms with Crippen LogP contribution in [0.15, 0.2) is 28.4 Å². The molecule has 0 radical (unpaired) electrons. The van der Waals surface area contributed by atoms with Crippen molar-refractivity contribution in [2.75, 3.05) is 6.54 Å². The molecule has 1 saturated carbocycles. The third kappa shape index (κ3) is 2.23. The van der Waals surface area contributed by atoms with Gasteiger partial charge < -0.3 is 9.32 Å². The Kier molecular flexibility index (Phi) is 2.81. The molecule has 3 heterocycles. The lowest BCUT2D eigenvalue weighted by atomic mass is 10.3. The zero-order chi connectivity index (χ0) is 14.4. The first-order chi connectivity index (χ1) is 10.2. The molecule has 1 aliphatic carbocycles. The van der Waals surface area contributed by atoms with E-state index in [0.717, 1.165) is 29.1 Å². The quantitative estimate of drug-likeness (QED) is 0.813. The van der Waals surface area contributed by atoms with E-state index in [9.17, 15) is 9.59 Å². The molecular weight excluding hydrogens is 290 g/mol. The largest absolute Gasteiger partial charge is 0.472 e. The molecule has 21 heavy (non-hydrogen) atoms. The van der Waals surface area contributed by atoms with Gasteiger partial charge in [0, 0.05) is 17.0 Å². The number of hydrogen-bond donors (Lipinski definition) is 0. The van der Waals surface area contributed by atoms with Gasteiger partial charge in [-0.3, -0.25) is 9.69 Å². The number of imide groups is 1. The van der Waals surface area contributed by atoms with Crippen LogP contribution >= 0.6 is 11.3 Å². The van der Waals surface area contributed by atoms with Crippen LogP contribution in [-0.4, -0.2) is 39.3 Å². The SMILES string of the molecule is O=C1CN(C2CC2)C(=O)N1Cc1csc(-c2ccoc2)n1. The van der Waals surface area contributed by atoms with Crippen molar-refractivity contribution >= 4 is 23.3 Å². The second-order valence-electron chi connectivity index (χ2n) is 5.28. The van der Waals surface area contributed by atoms with Crippen LogP contribution in [0.2, 0.25) is 0 Å². The highest BCUT2D eigenvalue weighted by atomic mass is 32.1. The minimum absolute atomic E-state index is 0.134. The standard InChI is InChI=1S/C14H13N3O3S/c18-12-6-16(11-1-2-11)14(19)17(12)5-10-8-21-13(15-10)9-3-4-20-7-9/h3-4,7-8,11H,1-2,5-6H2. The summed E-state index contributed by atoms with van der Waals surface area (Å²) < 4.78 is 5.03. The number of urea groups is 1. The molecule has 2 aromatic rings. The lowest BCUT2D eigenvalue weighted by Crippen LogP contribution is -2.33. The van der Waals surface area contributed by atoms with Gasteiger partial charge in [-0.2, -0.15) is 0 Å². The summed E-state index contributed by atoms with van der Waals surface area (Å²) in [5.74, 6) is -0.134. The summed E-state index contributed by atoms with van der Waals surface area (Å²) >= 11 is 1.48. The molecule has 0 unspecified atom stereocenters. The van der Waals surface area contributed by atoms with E-state index in [4.69, 9.17) is 4.42 Å². The molecule has 2 fully saturated rings. The monoisotopic (exact) mass is 303 g/mol. The Bertz CT molecular complexity index is 690. The average molecular weight is 303 g/mol. The molecule has 0 spiro atoms. The molecule has 6 nitrogen and oxygen atoms in total. The second kappa shape index (κ2) is 4.70. The minimum atomic E-state index is -0.180. The molecule has 2 aliphatic rings. The molecule has 0 N–H and O–H groups in total.